The molecule has 0 aromatic carbocycles. The van der Waals surface area contributed by atoms with Crippen molar-refractivity contribution in [1.29, 1.82) is 0 Å². The summed E-state index contributed by atoms with van der Waals surface area (Å²) in [6, 6.07) is 0.333. The Morgan fingerprint density at radius 2 is 2.07 bits per heavy atom. The van der Waals surface area contributed by atoms with Crippen molar-refractivity contribution < 1.29 is 0 Å². The van der Waals surface area contributed by atoms with Crippen LogP contribution >= 0.6 is 34.9 Å². The average molecular weight is 263 g/mol. The summed E-state index contributed by atoms with van der Waals surface area (Å²) >= 11 is 5.13. The van der Waals surface area contributed by atoms with E-state index in [1.54, 1.807) is 34.9 Å². The van der Waals surface area contributed by atoms with E-state index in [4.69, 9.17) is 5.73 Å². The lowest BCUT2D eigenvalue weighted by molar-refractivity contribution is 0.618. The highest BCUT2D eigenvalue weighted by atomic mass is 32.2. The first kappa shape index (κ1) is 13.3. The molecule has 0 spiro atoms. The number of nitrogens with two attached hydrogens (primary N) is 1. The smallest absolute Gasteiger partial charge is 0.175 e. The van der Waals surface area contributed by atoms with Gasteiger partial charge in [0.25, 0.3) is 0 Å². The maximum atomic E-state index is 5.68. The third-order valence-electron chi connectivity index (χ3n) is 1.84. The van der Waals surface area contributed by atoms with Gasteiger partial charge in [-0.15, -0.1) is 10.2 Å². The number of hydrogen-bond donors (Lipinski definition) is 1. The Morgan fingerprint density at radius 1 is 1.33 bits per heavy atom. The minimum Gasteiger partial charge on any atom is -0.328 e. The second kappa shape index (κ2) is 7.49. The van der Waals surface area contributed by atoms with Crippen molar-refractivity contribution in [3.63, 3.8) is 0 Å². The highest BCUT2D eigenvalue weighted by Gasteiger charge is 2.03. The summed E-state index contributed by atoms with van der Waals surface area (Å²) in [5, 5.41) is 8.16. The first-order chi connectivity index (χ1) is 7.22. The fourth-order valence-electron chi connectivity index (χ4n) is 1.07. The molecule has 2 N–H and O–H groups in total. The summed E-state index contributed by atoms with van der Waals surface area (Å²) in [6.45, 7) is 2.06. The fraction of sp³-hybridized carbons (Fsp3) is 0.778. The summed E-state index contributed by atoms with van der Waals surface area (Å²) < 4.78 is 2.13. The van der Waals surface area contributed by atoms with Gasteiger partial charge in [-0.3, -0.25) is 0 Å². The molecule has 86 valence electrons. The second-order valence-corrected chi connectivity index (χ2v) is 6.73. The Kier molecular flexibility index (Phi) is 6.63. The molecule has 0 fully saturated rings. The van der Waals surface area contributed by atoms with Gasteiger partial charge in [0.1, 0.15) is 0 Å². The monoisotopic (exact) mass is 263 g/mol. The Bertz CT molecular complexity index is 275. The highest BCUT2D eigenvalue weighted by molar-refractivity contribution is 8.02. The first-order valence-electron chi connectivity index (χ1n) is 4.98. The fourth-order valence-corrected chi connectivity index (χ4v) is 3.57. The molecule has 1 unspecified atom stereocenters. The molecule has 1 atom stereocenters. The van der Waals surface area contributed by atoms with Gasteiger partial charge in [0.15, 0.2) is 8.68 Å². The van der Waals surface area contributed by atoms with E-state index in [1.807, 2.05) is 6.26 Å². The number of hydrogen-bond acceptors (Lipinski definition) is 6. The SMILES string of the molecule is CSc1nnc(SCCCCC(C)N)s1. The van der Waals surface area contributed by atoms with Crippen molar-refractivity contribution >= 4 is 34.9 Å². The van der Waals surface area contributed by atoms with Crippen molar-refractivity contribution in [2.24, 2.45) is 5.73 Å². The van der Waals surface area contributed by atoms with Crippen LogP contribution in [0.5, 0.6) is 0 Å². The molecule has 15 heavy (non-hydrogen) atoms. The quantitative estimate of drug-likeness (QED) is 0.605. The molecular formula is C9H17N3S3. The molecule has 0 bridgehead atoms. The van der Waals surface area contributed by atoms with Crippen LogP contribution in [-0.4, -0.2) is 28.2 Å². The maximum absolute atomic E-state index is 5.68. The molecule has 1 aromatic rings. The molecular weight excluding hydrogens is 246 g/mol. The summed E-state index contributed by atoms with van der Waals surface area (Å²) in [5.74, 6) is 1.12. The van der Waals surface area contributed by atoms with E-state index in [0.717, 1.165) is 20.9 Å². The normalized spacial score (nSPS) is 13.0. The molecule has 0 aliphatic heterocycles. The maximum Gasteiger partial charge on any atom is 0.175 e. The lowest BCUT2D eigenvalue weighted by Gasteiger charge is -2.02. The lowest BCUT2D eigenvalue weighted by atomic mass is 10.2. The van der Waals surface area contributed by atoms with Crippen molar-refractivity contribution in [2.45, 2.75) is 40.9 Å². The van der Waals surface area contributed by atoms with Crippen LogP contribution in [-0.2, 0) is 0 Å². The van der Waals surface area contributed by atoms with Crippen LogP contribution in [0.4, 0.5) is 0 Å². The standard InChI is InChI=1S/C9H17N3S3/c1-7(10)5-3-4-6-14-9-12-11-8(13-2)15-9/h7H,3-6,10H2,1-2H3. The molecule has 1 aromatic heterocycles. The third-order valence-corrected chi connectivity index (χ3v) is 4.96. The number of thioether (sulfide) groups is 2. The van der Waals surface area contributed by atoms with Crippen LogP contribution in [0.2, 0.25) is 0 Å². The van der Waals surface area contributed by atoms with Crippen molar-refractivity contribution in [3.8, 4) is 0 Å². The van der Waals surface area contributed by atoms with Gasteiger partial charge in [-0.05, 0) is 26.0 Å². The van der Waals surface area contributed by atoms with Crippen molar-refractivity contribution in [3.05, 3.63) is 0 Å². The number of rotatable bonds is 7. The van der Waals surface area contributed by atoms with Gasteiger partial charge >= 0.3 is 0 Å². The molecule has 0 saturated carbocycles. The molecule has 0 saturated heterocycles. The predicted octanol–water partition coefficient (Wildman–Crippen LogP) is 2.87. The van der Waals surface area contributed by atoms with Crippen LogP contribution in [0.3, 0.4) is 0 Å². The van der Waals surface area contributed by atoms with Gasteiger partial charge in [-0.2, -0.15) is 0 Å². The van der Waals surface area contributed by atoms with Crippen LogP contribution in [0.1, 0.15) is 26.2 Å². The molecule has 0 aliphatic rings. The van der Waals surface area contributed by atoms with E-state index < -0.39 is 0 Å². The van der Waals surface area contributed by atoms with Crippen LogP contribution < -0.4 is 5.73 Å². The van der Waals surface area contributed by atoms with E-state index in [9.17, 15) is 0 Å². The molecule has 3 nitrogen and oxygen atoms in total. The largest absolute Gasteiger partial charge is 0.328 e. The Hall–Kier alpha value is 0.220. The molecule has 1 heterocycles. The minimum atomic E-state index is 0.333. The Labute approximate surface area is 104 Å². The third kappa shape index (κ3) is 5.75. The minimum absolute atomic E-state index is 0.333. The van der Waals surface area contributed by atoms with Gasteiger partial charge in [-0.25, -0.2) is 0 Å². The van der Waals surface area contributed by atoms with Gasteiger partial charge in [-0.1, -0.05) is 41.3 Å². The zero-order valence-electron chi connectivity index (χ0n) is 9.10. The number of unbranched alkanes of at least 4 members (excludes halogenated alkanes) is 1. The van der Waals surface area contributed by atoms with E-state index in [1.165, 1.54) is 12.8 Å². The second-order valence-electron chi connectivity index (χ2n) is 3.36. The van der Waals surface area contributed by atoms with Gasteiger partial charge in [0, 0.05) is 11.8 Å². The summed E-state index contributed by atoms with van der Waals surface area (Å²) in [4.78, 5) is 0. The van der Waals surface area contributed by atoms with E-state index in [2.05, 4.69) is 17.1 Å². The Balaban J connectivity index is 2.09. The topological polar surface area (TPSA) is 51.8 Å². The van der Waals surface area contributed by atoms with E-state index >= 15 is 0 Å². The predicted molar refractivity (Wildman–Crippen MR) is 69.9 cm³/mol. The molecule has 6 heteroatoms. The van der Waals surface area contributed by atoms with Crippen LogP contribution in [0, 0.1) is 0 Å². The summed E-state index contributed by atoms with van der Waals surface area (Å²) in [7, 11) is 0. The van der Waals surface area contributed by atoms with Crippen molar-refractivity contribution in [2.75, 3.05) is 12.0 Å². The number of nitrogens with zero attached hydrogens (tertiary/aromatic N) is 2. The van der Waals surface area contributed by atoms with Crippen LogP contribution in [0.15, 0.2) is 8.68 Å². The highest BCUT2D eigenvalue weighted by Crippen LogP contribution is 2.27. The van der Waals surface area contributed by atoms with Gasteiger partial charge in [0.2, 0.25) is 0 Å². The zero-order chi connectivity index (χ0) is 11.1. The van der Waals surface area contributed by atoms with Gasteiger partial charge < -0.3 is 5.73 Å². The zero-order valence-corrected chi connectivity index (χ0v) is 11.6. The van der Waals surface area contributed by atoms with Crippen molar-refractivity contribution in [1.82, 2.24) is 10.2 Å². The van der Waals surface area contributed by atoms with Gasteiger partial charge in [0.05, 0.1) is 0 Å². The summed E-state index contributed by atoms with van der Waals surface area (Å²) in [6.07, 6.45) is 5.56. The summed E-state index contributed by atoms with van der Waals surface area (Å²) in [5.41, 5.74) is 5.68. The Morgan fingerprint density at radius 3 is 2.67 bits per heavy atom. The first-order valence-corrected chi connectivity index (χ1v) is 8.01. The molecule has 0 radical (unpaired) electrons. The average Bonchev–Trinajstić information content (AvgIpc) is 2.65. The molecule has 0 aliphatic carbocycles. The number of aromatic nitrogens is 2. The molecule has 0 amide bonds. The van der Waals surface area contributed by atoms with E-state index in [0.29, 0.717) is 6.04 Å². The molecule has 1 rings (SSSR count). The van der Waals surface area contributed by atoms with Crippen LogP contribution in [0.25, 0.3) is 0 Å². The van der Waals surface area contributed by atoms with E-state index in [-0.39, 0.29) is 0 Å². The lowest BCUT2D eigenvalue weighted by Crippen LogP contribution is -2.13.